The van der Waals surface area contributed by atoms with Crippen molar-refractivity contribution in [3.63, 3.8) is 0 Å². The van der Waals surface area contributed by atoms with Crippen molar-refractivity contribution < 1.29 is 19.5 Å². The molecule has 0 spiro atoms. The van der Waals surface area contributed by atoms with E-state index in [1.54, 1.807) is 29.9 Å². The van der Waals surface area contributed by atoms with Crippen LogP contribution in [-0.2, 0) is 7.05 Å². The molecule has 3 rings (SSSR count). The van der Waals surface area contributed by atoms with E-state index in [1.165, 1.54) is 6.07 Å². The first-order valence-electron chi connectivity index (χ1n) is 5.55. The number of hydrogen-bond donors (Lipinski definition) is 2. The zero-order chi connectivity index (χ0) is 13.6. The van der Waals surface area contributed by atoms with E-state index in [9.17, 15) is 9.90 Å². The highest BCUT2D eigenvalue weighted by molar-refractivity contribution is 5.98. The van der Waals surface area contributed by atoms with Crippen LogP contribution in [0.15, 0.2) is 35.0 Å². The molecule has 19 heavy (non-hydrogen) atoms. The number of phenols is 1. The topological polar surface area (TPSA) is 88.5 Å². The van der Waals surface area contributed by atoms with Crippen molar-refractivity contribution in [2.45, 2.75) is 0 Å². The number of nitrogens with zero attached hydrogens (tertiary/aromatic N) is 2. The molecular weight excluding hydrogens is 248 g/mol. The van der Waals surface area contributed by atoms with Crippen LogP contribution in [0.25, 0.3) is 22.2 Å². The molecule has 0 aliphatic heterocycles. The minimum absolute atomic E-state index is 0.160. The Bertz CT molecular complexity index is 785. The summed E-state index contributed by atoms with van der Waals surface area (Å²) in [5.41, 5.74) is 1.80. The summed E-state index contributed by atoms with van der Waals surface area (Å²) >= 11 is 0. The minimum Gasteiger partial charge on any atom is -0.506 e. The van der Waals surface area contributed by atoms with Crippen molar-refractivity contribution in [2.75, 3.05) is 0 Å². The second-order valence-corrected chi connectivity index (χ2v) is 4.21. The van der Waals surface area contributed by atoms with Crippen LogP contribution >= 0.6 is 0 Å². The predicted molar refractivity (Wildman–Crippen MR) is 67.0 cm³/mol. The lowest BCUT2D eigenvalue weighted by molar-refractivity contribution is 0.0652. The number of benzene rings is 1. The average Bonchev–Trinajstić information content (AvgIpc) is 2.95. The highest BCUT2D eigenvalue weighted by atomic mass is 16.5. The van der Waals surface area contributed by atoms with E-state index in [1.807, 2.05) is 6.07 Å². The lowest BCUT2D eigenvalue weighted by Crippen LogP contribution is -1.91. The lowest BCUT2D eigenvalue weighted by Gasteiger charge is -1.98. The second-order valence-electron chi connectivity index (χ2n) is 4.21. The first-order chi connectivity index (χ1) is 9.08. The van der Waals surface area contributed by atoms with Gasteiger partial charge in [0.1, 0.15) is 11.4 Å². The van der Waals surface area contributed by atoms with Crippen molar-refractivity contribution in [1.29, 1.82) is 0 Å². The summed E-state index contributed by atoms with van der Waals surface area (Å²) in [6.45, 7) is 0. The molecule has 2 heterocycles. The Balaban J connectivity index is 2.25. The van der Waals surface area contributed by atoms with Crippen LogP contribution in [0.5, 0.6) is 5.75 Å². The third kappa shape index (κ3) is 1.65. The Morgan fingerprint density at radius 3 is 2.89 bits per heavy atom. The number of aromatic hydroxyl groups is 1. The Kier molecular flexibility index (Phi) is 2.31. The van der Waals surface area contributed by atoms with E-state index >= 15 is 0 Å². The Morgan fingerprint density at radius 1 is 1.42 bits per heavy atom. The first-order valence-corrected chi connectivity index (χ1v) is 5.55. The maximum Gasteiger partial charge on any atom is 0.374 e. The van der Waals surface area contributed by atoms with E-state index in [2.05, 4.69) is 5.16 Å². The Hall–Kier alpha value is -2.76. The van der Waals surface area contributed by atoms with Crippen LogP contribution in [-0.4, -0.2) is 25.9 Å². The van der Waals surface area contributed by atoms with Crippen molar-refractivity contribution in [3.05, 3.63) is 36.2 Å². The summed E-state index contributed by atoms with van der Waals surface area (Å²) in [4.78, 5) is 10.8. The standard InChI is InChI=1S/C13H10N2O4/c1-15-6-8(7-3-2-4-10(16)12(7)15)9-5-11(13(17)18)19-14-9/h2-6,16H,1H3,(H,17,18). The number of fused-ring (bicyclic) bond motifs is 1. The fraction of sp³-hybridized carbons (Fsp3) is 0.0769. The van der Waals surface area contributed by atoms with Gasteiger partial charge in [-0.05, 0) is 6.07 Å². The largest absolute Gasteiger partial charge is 0.506 e. The number of aromatic nitrogens is 2. The Labute approximate surface area is 107 Å². The fourth-order valence-electron chi connectivity index (χ4n) is 2.15. The smallest absolute Gasteiger partial charge is 0.374 e. The molecule has 96 valence electrons. The van der Waals surface area contributed by atoms with Crippen LogP contribution < -0.4 is 0 Å². The van der Waals surface area contributed by atoms with E-state index in [0.717, 1.165) is 5.39 Å². The van der Waals surface area contributed by atoms with Crippen LogP contribution in [0.3, 0.4) is 0 Å². The number of aryl methyl sites for hydroxylation is 1. The number of carbonyl (C=O) groups is 1. The summed E-state index contributed by atoms with van der Waals surface area (Å²) in [5, 5.41) is 23.2. The number of rotatable bonds is 2. The highest BCUT2D eigenvalue weighted by Gasteiger charge is 2.17. The van der Waals surface area contributed by atoms with Crippen LogP contribution in [0.2, 0.25) is 0 Å². The van der Waals surface area contributed by atoms with Crippen molar-refractivity contribution in [1.82, 2.24) is 9.72 Å². The van der Waals surface area contributed by atoms with Crippen molar-refractivity contribution in [3.8, 4) is 17.0 Å². The summed E-state index contributed by atoms with van der Waals surface area (Å²) in [6, 6.07) is 6.51. The molecule has 0 unspecified atom stereocenters. The van der Waals surface area contributed by atoms with Gasteiger partial charge in [-0.15, -0.1) is 0 Å². The highest BCUT2D eigenvalue weighted by Crippen LogP contribution is 2.34. The summed E-state index contributed by atoms with van der Waals surface area (Å²) in [6.07, 6.45) is 1.77. The van der Waals surface area contributed by atoms with E-state index in [0.29, 0.717) is 16.8 Å². The monoisotopic (exact) mass is 258 g/mol. The second kappa shape index (κ2) is 3.88. The third-order valence-corrected chi connectivity index (χ3v) is 2.98. The molecule has 0 radical (unpaired) electrons. The zero-order valence-electron chi connectivity index (χ0n) is 9.99. The molecular formula is C13H10N2O4. The molecule has 0 aliphatic rings. The zero-order valence-corrected chi connectivity index (χ0v) is 9.99. The predicted octanol–water partition coefficient (Wildman–Crippen LogP) is 2.24. The summed E-state index contributed by atoms with van der Waals surface area (Å²) < 4.78 is 6.51. The van der Waals surface area contributed by atoms with E-state index < -0.39 is 5.97 Å². The van der Waals surface area contributed by atoms with Gasteiger partial charge in [-0.2, -0.15) is 0 Å². The third-order valence-electron chi connectivity index (χ3n) is 2.98. The van der Waals surface area contributed by atoms with E-state index in [4.69, 9.17) is 9.63 Å². The van der Waals surface area contributed by atoms with Gasteiger partial charge in [0, 0.05) is 30.3 Å². The number of hydrogen-bond acceptors (Lipinski definition) is 4. The number of carboxylic acids is 1. The molecule has 2 N–H and O–H groups in total. The molecule has 0 saturated carbocycles. The van der Waals surface area contributed by atoms with Gasteiger partial charge in [-0.25, -0.2) is 4.79 Å². The fourth-order valence-corrected chi connectivity index (χ4v) is 2.15. The van der Waals surface area contributed by atoms with Gasteiger partial charge in [0.15, 0.2) is 0 Å². The number of phenolic OH excluding ortho intramolecular Hbond substituents is 1. The molecule has 3 aromatic rings. The first kappa shape index (κ1) is 11.3. The molecule has 0 saturated heterocycles. The quantitative estimate of drug-likeness (QED) is 0.735. The average molecular weight is 258 g/mol. The number of para-hydroxylation sites is 1. The van der Waals surface area contributed by atoms with Gasteiger partial charge >= 0.3 is 5.97 Å². The van der Waals surface area contributed by atoms with Gasteiger partial charge in [0.05, 0.1) is 5.52 Å². The van der Waals surface area contributed by atoms with E-state index in [-0.39, 0.29) is 11.5 Å². The molecule has 0 fully saturated rings. The molecule has 0 amide bonds. The molecule has 0 atom stereocenters. The number of aromatic carboxylic acids is 1. The van der Waals surface area contributed by atoms with Crippen LogP contribution in [0, 0.1) is 0 Å². The molecule has 0 aliphatic carbocycles. The van der Waals surface area contributed by atoms with Crippen molar-refractivity contribution in [2.24, 2.45) is 7.05 Å². The lowest BCUT2D eigenvalue weighted by atomic mass is 10.1. The molecule has 1 aromatic carbocycles. The maximum absolute atomic E-state index is 10.8. The Morgan fingerprint density at radius 2 is 2.21 bits per heavy atom. The van der Waals surface area contributed by atoms with Crippen molar-refractivity contribution >= 4 is 16.9 Å². The van der Waals surface area contributed by atoms with Crippen LogP contribution in [0.4, 0.5) is 0 Å². The van der Waals surface area contributed by atoms with Gasteiger partial charge in [-0.1, -0.05) is 17.3 Å². The molecule has 0 bridgehead atoms. The van der Waals surface area contributed by atoms with Gasteiger partial charge < -0.3 is 19.3 Å². The maximum atomic E-state index is 10.8. The van der Waals surface area contributed by atoms with Gasteiger partial charge in [-0.3, -0.25) is 0 Å². The van der Waals surface area contributed by atoms with Crippen LogP contribution in [0.1, 0.15) is 10.6 Å². The number of carboxylic acid groups (broad SMARTS) is 1. The van der Waals surface area contributed by atoms with Gasteiger partial charge in [0.25, 0.3) is 0 Å². The normalized spacial score (nSPS) is 11.0. The summed E-state index contributed by atoms with van der Waals surface area (Å²) in [7, 11) is 1.80. The summed E-state index contributed by atoms with van der Waals surface area (Å²) in [5.74, 6) is -1.22. The minimum atomic E-state index is -1.16. The van der Waals surface area contributed by atoms with Gasteiger partial charge in [0.2, 0.25) is 5.76 Å². The molecule has 6 heteroatoms. The molecule has 6 nitrogen and oxygen atoms in total. The molecule has 2 aromatic heterocycles. The SMILES string of the molecule is Cn1cc(-c2cc(C(=O)O)on2)c2cccc(O)c21.